The summed E-state index contributed by atoms with van der Waals surface area (Å²) < 4.78 is 6.19. The van der Waals surface area contributed by atoms with Gasteiger partial charge in [-0.3, -0.25) is 0 Å². The lowest BCUT2D eigenvalue weighted by atomic mass is 10.3. The van der Waals surface area contributed by atoms with Gasteiger partial charge in [-0.1, -0.05) is 11.6 Å². The summed E-state index contributed by atoms with van der Waals surface area (Å²) in [4.78, 5) is 8.60. The summed E-state index contributed by atoms with van der Waals surface area (Å²) in [6.07, 6.45) is 0. The van der Waals surface area contributed by atoms with Crippen LogP contribution in [0.2, 0.25) is 5.02 Å². The van der Waals surface area contributed by atoms with E-state index in [1.807, 2.05) is 13.0 Å². The molecular weight excluding hydrogens is 358 g/mol. The Bertz CT molecular complexity index is 626. The van der Waals surface area contributed by atoms with Gasteiger partial charge in [0.15, 0.2) is 5.82 Å². The lowest BCUT2D eigenvalue weighted by Crippen LogP contribution is -2.12. The van der Waals surface area contributed by atoms with E-state index in [0.717, 1.165) is 10.2 Å². The zero-order valence-electron chi connectivity index (χ0n) is 11.4. The minimum atomic E-state index is 0.317. The molecule has 0 saturated carbocycles. The molecule has 1 aromatic carbocycles. The van der Waals surface area contributed by atoms with Gasteiger partial charge in [0.1, 0.15) is 18.2 Å². The lowest BCUT2D eigenvalue weighted by Gasteiger charge is -2.11. The fourth-order valence-electron chi connectivity index (χ4n) is 1.62. The van der Waals surface area contributed by atoms with E-state index in [4.69, 9.17) is 22.2 Å². The molecule has 0 aliphatic rings. The van der Waals surface area contributed by atoms with Crippen molar-refractivity contribution in [3.8, 4) is 0 Å². The van der Waals surface area contributed by atoms with E-state index in [2.05, 4.69) is 36.6 Å². The Morgan fingerprint density at radius 1 is 1.29 bits per heavy atom. The third-order valence-electron chi connectivity index (χ3n) is 2.55. The highest BCUT2D eigenvalue weighted by atomic mass is 79.9. The molecule has 0 spiro atoms. The smallest absolute Gasteiger partial charge is 0.158 e. The molecule has 0 bridgehead atoms. The van der Waals surface area contributed by atoms with E-state index in [1.54, 1.807) is 18.2 Å². The zero-order chi connectivity index (χ0) is 15.2. The largest absolute Gasteiger partial charge is 0.374 e. The zero-order valence-corrected chi connectivity index (χ0v) is 13.7. The molecule has 6 nitrogen and oxygen atoms in total. The van der Waals surface area contributed by atoms with Crippen molar-refractivity contribution in [2.24, 2.45) is 5.84 Å². The minimum absolute atomic E-state index is 0.317. The topological polar surface area (TPSA) is 85.1 Å². The molecule has 1 aromatic heterocycles. The Morgan fingerprint density at radius 3 is 2.76 bits per heavy atom. The SMILES string of the molecule is CCOCc1nc(NN)cc(Nc2cc(Cl)ccc2Br)n1. The van der Waals surface area contributed by atoms with Crippen molar-refractivity contribution in [1.82, 2.24) is 9.97 Å². The van der Waals surface area contributed by atoms with Crippen LogP contribution in [0.1, 0.15) is 12.7 Å². The highest BCUT2D eigenvalue weighted by Crippen LogP contribution is 2.28. The summed E-state index contributed by atoms with van der Waals surface area (Å²) in [6.45, 7) is 2.82. The molecule has 8 heteroatoms. The molecule has 0 amide bonds. The summed E-state index contributed by atoms with van der Waals surface area (Å²) in [5.41, 5.74) is 3.31. The molecule has 0 aliphatic heterocycles. The van der Waals surface area contributed by atoms with Gasteiger partial charge in [-0.15, -0.1) is 0 Å². The van der Waals surface area contributed by atoms with Gasteiger partial charge in [0.25, 0.3) is 0 Å². The Kier molecular flexibility index (Phi) is 5.75. The van der Waals surface area contributed by atoms with Gasteiger partial charge in [-0.25, -0.2) is 15.8 Å². The highest BCUT2D eigenvalue weighted by molar-refractivity contribution is 9.10. The van der Waals surface area contributed by atoms with E-state index in [1.165, 1.54) is 0 Å². The van der Waals surface area contributed by atoms with Crippen LogP contribution >= 0.6 is 27.5 Å². The number of halogens is 2. The van der Waals surface area contributed by atoms with Crippen molar-refractivity contribution in [3.63, 3.8) is 0 Å². The normalized spacial score (nSPS) is 10.5. The predicted octanol–water partition coefficient (Wildman–Crippen LogP) is 3.46. The molecule has 2 aromatic rings. The minimum Gasteiger partial charge on any atom is -0.374 e. The number of hydrazine groups is 1. The van der Waals surface area contributed by atoms with E-state index in [-0.39, 0.29) is 0 Å². The Hall–Kier alpha value is -1.41. The number of hydrogen-bond donors (Lipinski definition) is 3. The Morgan fingerprint density at radius 2 is 2.05 bits per heavy atom. The van der Waals surface area contributed by atoms with Crippen LogP contribution in [0, 0.1) is 0 Å². The summed E-state index contributed by atoms with van der Waals surface area (Å²) in [6, 6.07) is 7.15. The summed E-state index contributed by atoms with van der Waals surface area (Å²) in [5.74, 6) is 7.05. The first-order valence-corrected chi connectivity index (χ1v) is 7.44. The molecule has 112 valence electrons. The number of nitrogen functional groups attached to an aromatic ring is 1. The maximum absolute atomic E-state index is 6.00. The monoisotopic (exact) mass is 371 g/mol. The van der Waals surface area contributed by atoms with Crippen molar-refractivity contribution in [2.45, 2.75) is 13.5 Å². The summed E-state index contributed by atoms with van der Waals surface area (Å²) in [5, 5.41) is 3.80. The highest BCUT2D eigenvalue weighted by Gasteiger charge is 2.07. The number of hydrogen-bond acceptors (Lipinski definition) is 6. The third kappa shape index (κ3) is 4.53. The fourth-order valence-corrected chi connectivity index (χ4v) is 2.14. The third-order valence-corrected chi connectivity index (χ3v) is 3.47. The van der Waals surface area contributed by atoms with Gasteiger partial charge in [0.05, 0.1) is 5.69 Å². The average molecular weight is 373 g/mol. The molecule has 2 rings (SSSR count). The average Bonchev–Trinajstić information content (AvgIpc) is 2.48. The molecule has 1 heterocycles. The molecule has 0 aliphatic carbocycles. The molecule has 0 radical (unpaired) electrons. The second-order valence-corrected chi connectivity index (χ2v) is 5.38. The Labute approximate surface area is 136 Å². The molecule has 0 atom stereocenters. The molecule has 21 heavy (non-hydrogen) atoms. The van der Waals surface area contributed by atoms with Gasteiger partial charge >= 0.3 is 0 Å². The van der Waals surface area contributed by atoms with Crippen LogP contribution in [0.3, 0.4) is 0 Å². The van der Waals surface area contributed by atoms with Gasteiger partial charge in [0, 0.05) is 22.2 Å². The number of anilines is 3. The van der Waals surface area contributed by atoms with E-state index < -0.39 is 0 Å². The van der Waals surface area contributed by atoms with E-state index in [0.29, 0.717) is 35.7 Å². The lowest BCUT2D eigenvalue weighted by molar-refractivity contribution is 0.128. The number of nitrogens with zero attached hydrogens (tertiary/aromatic N) is 2. The van der Waals surface area contributed by atoms with Crippen LogP contribution in [0.15, 0.2) is 28.7 Å². The van der Waals surface area contributed by atoms with Crippen LogP contribution in [0.4, 0.5) is 17.3 Å². The first-order valence-electron chi connectivity index (χ1n) is 6.26. The molecule has 0 unspecified atom stereocenters. The number of ether oxygens (including phenoxy) is 1. The number of benzene rings is 1. The summed E-state index contributed by atoms with van der Waals surface area (Å²) in [7, 11) is 0. The Balaban J connectivity index is 2.27. The maximum Gasteiger partial charge on any atom is 0.158 e. The second-order valence-electron chi connectivity index (χ2n) is 4.09. The van der Waals surface area contributed by atoms with Crippen molar-refractivity contribution >= 4 is 44.9 Å². The van der Waals surface area contributed by atoms with Crippen molar-refractivity contribution in [3.05, 3.63) is 39.6 Å². The first-order chi connectivity index (χ1) is 10.1. The van der Waals surface area contributed by atoms with Crippen LogP contribution in [-0.2, 0) is 11.3 Å². The van der Waals surface area contributed by atoms with Gasteiger partial charge < -0.3 is 15.5 Å². The fraction of sp³-hybridized carbons (Fsp3) is 0.231. The molecular formula is C13H15BrClN5O. The molecule has 0 saturated heterocycles. The molecule has 0 fully saturated rings. The first kappa shape index (κ1) is 16.0. The second kappa shape index (κ2) is 7.56. The van der Waals surface area contributed by atoms with Crippen LogP contribution in [0.5, 0.6) is 0 Å². The van der Waals surface area contributed by atoms with Crippen molar-refractivity contribution < 1.29 is 4.74 Å². The van der Waals surface area contributed by atoms with Crippen LogP contribution in [-0.4, -0.2) is 16.6 Å². The van der Waals surface area contributed by atoms with Crippen molar-refractivity contribution in [2.75, 3.05) is 17.3 Å². The standard InChI is InChI=1S/C13H15BrClN5O/c1-2-21-7-13-18-11(6-12(19-13)20-16)17-10-5-8(15)3-4-9(10)14/h3-6H,2,7,16H2,1H3,(H2,17,18,19,20). The number of nitrogens with two attached hydrogens (primary N) is 1. The maximum atomic E-state index is 6.00. The quantitative estimate of drug-likeness (QED) is 0.532. The number of aromatic nitrogens is 2. The number of nitrogens with one attached hydrogen (secondary N) is 2. The van der Waals surface area contributed by atoms with Gasteiger partial charge in [-0.2, -0.15) is 0 Å². The molecule has 4 N–H and O–H groups in total. The van der Waals surface area contributed by atoms with Crippen LogP contribution < -0.4 is 16.6 Å². The van der Waals surface area contributed by atoms with Crippen molar-refractivity contribution in [1.29, 1.82) is 0 Å². The number of rotatable bonds is 6. The summed E-state index contributed by atoms with van der Waals surface area (Å²) >= 11 is 9.45. The predicted molar refractivity (Wildman–Crippen MR) is 87.6 cm³/mol. The van der Waals surface area contributed by atoms with E-state index in [9.17, 15) is 0 Å². The van der Waals surface area contributed by atoms with Gasteiger partial charge in [0.2, 0.25) is 0 Å². The van der Waals surface area contributed by atoms with Gasteiger partial charge in [-0.05, 0) is 41.1 Å². The van der Waals surface area contributed by atoms with Crippen LogP contribution in [0.25, 0.3) is 0 Å². The van der Waals surface area contributed by atoms with E-state index >= 15 is 0 Å².